The Morgan fingerprint density at radius 3 is 3.04 bits per heavy atom. The van der Waals surface area contributed by atoms with Crippen molar-refractivity contribution in [2.24, 2.45) is 5.92 Å². The predicted molar refractivity (Wildman–Crippen MR) is 95.6 cm³/mol. The molecule has 0 saturated heterocycles. The van der Waals surface area contributed by atoms with Gasteiger partial charge in [0.2, 0.25) is 5.91 Å². The number of nitrogens with zero attached hydrogens (tertiary/aromatic N) is 3. The average Bonchev–Trinajstić information content (AvgIpc) is 3.29. The Hall–Kier alpha value is -2.38. The molecule has 0 bridgehead atoms. The van der Waals surface area contributed by atoms with E-state index in [9.17, 15) is 9.90 Å². The number of carbonyl (C=O) groups is 1. The topological polar surface area (TPSA) is 93.2 Å². The molecule has 8 heteroatoms. The summed E-state index contributed by atoms with van der Waals surface area (Å²) in [6.45, 7) is 0.671. The number of aliphatic hydroxyl groups is 1. The number of hydrogen-bond acceptors (Lipinski definition) is 5. The molecule has 136 valence electrons. The van der Waals surface area contributed by atoms with Gasteiger partial charge in [0.25, 0.3) is 0 Å². The van der Waals surface area contributed by atoms with E-state index in [1.54, 1.807) is 17.1 Å². The van der Waals surface area contributed by atoms with Gasteiger partial charge < -0.3 is 14.9 Å². The molecule has 3 aromatic rings. The standard InChI is InChI=1S/C18H19ClN4O3/c19-12-8-20-23(10-12)9-11-5-15(16(24)6-11)21-18(25)7-14-13-3-1-2-4-17(13)26-22-14/h1-4,8,10-11,15-16,24H,5-7,9H2,(H,21,25)/t11?,15-,16-/m1/s1. The van der Waals surface area contributed by atoms with E-state index in [1.807, 2.05) is 24.3 Å². The van der Waals surface area contributed by atoms with Gasteiger partial charge in [-0.05, 0) is 30.9 Å². The molecule has 4 rings (SSSR count). The SMILES string of the molecule is O=C(Cc1noc2ccccc12)N[C@@H]1CC(Cn2cc(Cl)cn2)C[C@H]1O. The summed E-state index contributed by atoms with van der Waals surface area (Å²) in [5.74, 6) is 0.0648. The number of benzene rings is 1. The van der Waals surface area contributed by atoms with Crippen LogP contribution >= 0.6 is 11.6 Å². The second-order valence-electron chi connectivity index (χ2n) is 6.76. The first-order chi connectivity index (χ1) is 12.6. The maximum absolute atomic E-state index is 12.4. The van der Waals surface area contributed by atoms with Gasteiger partial charge in [0.05, 0.1) is 29.8 Å². The lowest BCUT2D eigenvalue weighted by Crippen LogP contribution is -2.40. The monoisotopic (exact) mass is 374 g/mol. The van der Waals surface area contributed by atoms with E-state index in [0.717, 1.165) is 5.39 Å². The van der Waals surface area contributed by atoms with Gasteiger partial charge in [0, 0.05) is 18.1 Å². The van der Waals surface area contributed by atoms with Gasteiger partial charge in [-0.15, -0.1) is 0 Å². The molecule has 7 nitrogen and oxygen atoms in total. The Kier molecular flexibility index (Phi) is 4.65. The number of aromatic nitrogens is 3. The highest BCUT2D eigenvalue weighted by molar-refractivity contribution is 6.30. The highest BCUT2D eigenvalue weighted by Gasteiger charge is 2.34. The van der Waals surface area contributed by atoms with Crippen LogP contribution in [-0.2, 0) is 17.8 Å². The van der Waals surface area contributed by atoms with Crippen LogP contribution in [0.4, 0.5) is 0 Å². The summed E-state index contributed by atoms with van der Waals surface area (Å²) in [5, 5.41) is 22.8. The third-order valence-electron chi connectivity index (χ3n) is 4.80. The van der Waals surface area contributed by atoms with E-state index in [0.29, 0.717) is 35.7 Å². The van der Waals surface area contributed by atoms with E-state index in [2.05, 4.69) is 15.6 Å². The molecule has 1 aliphatic rings. The number of hydrogen-bond donors (Lipinski definition) is 2. The van der Waals surface area contributed by atoms with Crippen molar-refractivity contribution in [2.45, 2.75) is 38.0 Å². The Morgan fingerprint density at radius 1 is 1.38 bits per heavy atom. The first-order valence-electron chi connectivity index (χ1n) is 8.57. The van der Waals surface area contributed by atoms with Gasteiger partial charge in [-0.2, -0.15) is 5.10 Å². The zero-order valence-corrected chi connectivity index (χ0v) is 14.8. The Bertz CT molecular complexity index is 922. The van der Waals surface area contributed by atoms with Crippen LogP contribution in [0, 0.1) is 5.92 Å². The van der Waals surface area contributed by atoms with Crippen molar-refractivity contribution >= 4 is 28.5 Å². The molecule has 2 heterocycles. The number of halogens is 1. The van der Waals surface area contributed by atoms with Crippen molar-refractivity contribution in [1.29, 1.82) is 0 Å². The lowest BCUT2D eigenvalue weighted by molar-refractivity contribution is -0.121. The first-order valence-corrected chi connectivity index (χ1v) is 8.95. The normalized spacial score (nSPS) is 22.8. The second kappa shape index (κ2) is 7.09. The lowest BCUT2D eigenvalue weighted by atomic mass is 10.1. The maximum atomic E-state index is 12.4. The van der Waals surface area contributed by atoms with Crippen molar-refractivity contribution in [3.05, 3.63) is 47.4 Å². The highest BCUT2D eigenvalue weighted by atomic mass is 35.5. The van der Waals surface area contributed by atoms with Gasteiger partial charge in [0.15, 0.2) is 5.58 Å². The average molecular weight is 375 g/mol. The van der Waals surface area contributed by atoms with Crippen LogP contribution in [0.25, 0.3) is 11.0 Å². The quantitative estimate of drug-likeness (QED) is 0.714. The van der Waals surface area contributed by atoms with Crippen LogP contribution in [-0.4, -0.2) is 38.1 Å². The fourth-order valence-electron chi connectivity index (χ4n) is 3.60. The largest absolute Gasteiger partial charge is 0.391 e. The van der Waals surface area contributed by atoms with Gasteiger partial charge in [-0.1, -0.05) is 28.9 Å². The molecule has 2 aromatic heterocycles. The van der Waals surface area contributed by atoms with Crippen molar-refractivity contribution in [3.8, 4) is 0 Å². The summed E-state index contributed by atoms with van der Waals surface area (Å²) in [7, 11) is 0. The Labute approximate surface area is 154 Å². The molecule has 1 saturated carbocycles. The summed E-state index contributed by atoms with van der Waals surface area (Å²) >= 11 is 5.88. The maximum Gasteiger partial charge on any atom is 0.226 e. The summed E-state index contributed by atoms with van der Waals surface area (Å²) in [4.78, 5) is 12.4. The highest BCUT2D eigenvalue weighted by Crippen LogP contribution is 2.28. The van der Waals surface area contributed by atoms with E-state index in [4.69, 9.17) is 16.1 Å². The molecule has 1 unspecified atom stereocenters. The van der Waals surface area contributed by atoms with Gasteiger partial charge in [-0.25, -0.2) is 0 Å². The van der Waals surface area contributed by atoms with Crippen LogP contribution in [0.3, 0.4) is 0 Å². The molecule has 1 fully saturated rings. The van der Waals surface area contributed by atoms with Crippen LogP contribution in [0.2, 0.25) is 5.02 Å². The first kappa shape index (κ1) is 17.1. The molecule has 1 aliphatic carbocycles. The molecular weight excluding hydrogens is 356 g/mol. The third-order valence-corrected chi connectivity index (χ3v) is 5.00. The van der Waals surface area contributed by atoms with Gasteiger partial charge in [-0.3, -0.25) is 9.48 Å². The van der Waals surface area contributed by atoms with Gasteiger partial charge in [0.1, 0.15) is 5.69 Å². The number of fused-ring (bicyclic) bond motifs is 1. The second-order valence-corrected chi connectivity index (χ2v) is 7.20. The Balaban J connectivity index is 1.35. The molecular formula is C18H19ClN4O3. The van der Waals surface area contributed by atoms with Crippen LogP contribution < -0.4 is 5.32 Å². The molecule has 0 aliphatic heterocycles. The molecule has 1 aromatic carbocycles. The van der Waals surface area contributed by atoms with E-state index >= 15 is 0 Å². The summed E-state index contributed by atoms with van der Waals surface area (Å²) in [5.41, 5.74) is 1.27. The van der Waals surface area contributed by atoms with Crippen LogP contribution in [0.5, 0.6) is 0 Å². The number of carbonyl (C=O) groups excluding carboxylic acids is 1. The van der Waals surface area contributed by atoms with Crippen LogP contribution in [0.15, 0.2) is 41.2 Å². The molecule has 0 radical (unpaired) electrons. The number of para-hydroxylation sites is 1. The van der Waals surface area contributed by atoms with E-state index < -0.39 is 6.10 Å². The van der Waals surface area contributed by atoms with E-state index in [-0.39, 0.29) is 24.3 Å². The zero-order valence-electron chi connectivity index (χ0n) is 14.0. The van der Waals surface area contributed by atoms with Crippen molar-refractivity contribution < 1.29 is 14.4 Å². The fourth-order valence-corrected chi connectivity index (χ4v) is 3.76. The number of rotatable bonds is 5. The lowest BCUT2D eigenvalue weighted by Gasteiger charge is -2.16. The minimum atomic E-state index is -0.566. The summed E-state index contributed by atoms with van der Waals surface area (Å²) < 4.78 is 7.00. The minimum Gasteiger partial charge on any atom is -0.391 e. The van der Waals surface area contributed by atoms with E-state index in [1.165, 1.54) is 0 Å². The number of aliphatic hydroxyl groups excluding tert-OH is 1. The molecule has 3 atom stereocenters. The number of nitrogens with one attached hydrogen (secondary N) is 1. The third kappa shape index (κ3) is 3.59. The molecule has 0 spiro atoms. The van der Waals surface area contributed by atoms with Crippen molar-refractivity contribution in [1.82, 2.24) is 20.3 Å². The summed E-state index contributed by atoms with van der Waals surface area (Å²) in [6.07, 6.45) is 4.23. The minimum absolute atomic E-state index is 0.125. The molecule has 2 N–H and O–H groups in total. The van der Waals surface area contributed by atoms with Crippen molar-refractivity contribution in [2.75, 3.05) is 0 Å². The smallest absolute Gasteiger partial charge is 0.226 e. The summed E-state index contributed by atoms with van der Waals surface area (Å²) in [6, 6.07) is 7.17. The predicted octanol–water partition coefficient (Wildman–Crippen LogP) is 2.18. The molecule has 1 amide bonds. The van der Waals surface area contributed by atoms with Crippen LogP contribution in [0.1, 0.15) is 18.5 Å². The fraction of sp³-hybridized carbons (Fsp3) is 0.389. The van der Waals surface area contributed by atoms with Gasteiger partial charge >= 0.3 is 0 Å². The van der Waals surface area contributed by atoms with Crippen molar-refractivity contribution in [3.63, 3.8) is 0 Å². The Morgan fingerprint density at radius 2 is 2.23 bits per heavy atom. The zero-order chi connectivity index (χ0) is 18.1. The molecule has 26 heavy (non-hydrogen) atoms. The number of amides is 1.